The molecule has 1 aliphatic heterocycles. The fourth-order valence-electron chi connectivity index (χ4n) is 2.17. The molecule has 2 heterocycles. The lowest BCUT2D eigenvalue weighted by Crippen LogP contribution is -2.27. The summed E-state index contributed by atoms with van der Waals surface area (Å²) in [4.78, 5) is 0. The van der Waals surface area contributed by atoms with Crippen LogP contribution in [0, 0.1) is 5.82 Å². The molecule has 94 valence electrons. The lowest BCUT2D eigenvalue weighted by atomic mass is 10.2. The average Bonchev–Trinajstić information content (AvgIpc) is 2.86. The third kappa shape index (κ3) is 1.37. The average molecular weight is 267 g/mol. The van der Waals surface area contributed by atoms with Crippen LogP contribution >= 0.6 is 0 Å². The van der Waals surface area contributed by atoms with Gasteiger partial charge >= 0.3 is 0 Å². The third-order valence-electron chi connectivity index (χ3n) is 3.03. The van der Waals surface area contributed by atoms with Gasteiger partial charge in [-0.1, -0.05) is 0 Å². The summed E-state index contributed by atoms with van der Waals surface area (Å²) in [6, 6.07) is 5.02. The summed E-state index contributed by atoms with van der Waals surface area (Å²) in [5.41, 5.74) is 1.06. The lowest BCUT2D eigenvalue weighted by Gasteiger charge is -2.22. The van der Waals surface area contributed by atoms with Crippen LogP contribution in [0.3, 0.4) is 0 Å². The minimum Gasteiger partial charge on any atom is -0.265 e. The zero-order valence-corrected chi connectivity index (χ0v) is 10.3. The molecule has 1 N–H and O–H groups in total. The maximum absolute atomic E-state index is 12.9. The van der Waals surface area contributed by atoms with E-state index in [1.807, 2.05) is 0 Å². The molecule has 0 spiro atoms. The van der Waals surface area contributed by atoms with Gasteiger partial charge in [-0.3, -0.25) is 9.40 Å². The molecule has 0 saturated heterocycles. The highest BCUT2D eigenvalue weighted by Gasteiger charge is 2.42. The summed E-state index contributed by atoms with van der Waals surface area (Å²) in [5.74, 6) is -0.400. The van der Waals surface area contributed by atoms with Crippen LogP contribution < -0.4 is 4.31 Å². The molecular weight excluding hydrogens is 257 g/mol. The predicted molar refractivity (Wildman–Crippen MR) is 63.1 cm³/mol. The minimum absolute atomic E-state index is 0.110. The van der Waals surface area contributed by atoms with Crippen molar-refractivity contribution < 1.29 is 12.8 Å². The largest absolute Gasteiger partial charge is 0.282 e. The normalized spacial score (nSPS) is 21.0. The summed E-state index contributed by atoms with van der Waals surface area (Å²) in [6.45, 7) is 1.77. The number of hydrogen-bond acceptors (Lipinski definition) is 3. The van der Waals surface area contributed by atoms with Crippen molar-refractivity contribution >= 4 is 15.7 Å². The number of aromatic nitrogens is 2. The van der Waals surface area contributed by atoms with Gasteiger partial charge in [0, 0.05) is 5.56 Å². The molecule has 0 saturated carbocycles. The van der Waals surface area contributed by atoms with Crippen molar-refractivity contribution in [3.05, 3.63) is 41.8 Å². The van der Waals surface area contributed by atoms with E-state index in [-0.39, 0.29) is 11.1 Å². The smallest absolute Gasteiger partial charge is 0.265 e. The summed E-state index contributed by atoms with van der Waals surface area (Å²) in [5, 5.41) is 6.35. The van der Waals surface area contributed by atoms with Crippen molar-refractivity contribution in [3.63, 3.8) is 0 Å². The van der Waals surface area contributed by atoms with E-state index in [2.05, 4.69) is 10.2 Å². The number of halogens is 1. The van der Waals surface area contributed by atoms with E-state index in [0.29, 0.717) is 11.3 Å². The first kappa shape index (κ1) is 11.2. The van der Waals surface area contributed by atoms with E-state index < -0.39 is 15.8 Å². The van der Waals surface area contributed by atoms with Gasteiger partial charge in [0.2, 0.25) is 0 Å². The van der Waals surface area contributed by atoms with E-state index in [0.717, 1.165) is 0 Å². The Morgan fingerprint density at radius 3 is 2.61 bits per heavy atom. The van der Waals surface area contributed by atoms with E-state index in [1.165, 1.54) is 34.8 Å². The van der Waals surface area contributed by atoms with E-state index >= 15 is 0 Å². The van der Waals surface area contributed by atoms with Crippen LogP contribution in [0.15, 0.2) is 35.5 Å². The second-order valence-electron chi connectivity index (χ2n) is 4.11. The standard InChI is InChI=1S/C11H10FN3O2S/c1-7-10-6-13-14-11(10)18(16,17)15(7)9-4-2-8(12)3-5-9/h2-7H,1H3,(H,13,14). The van der Waals surface area contributed by atoms with Gasteiger partial charge in [-0.2, -0.15) is 13.5 Å². The summed E-state index contributed by atoms with van der Waals surface area (Å²) in [6.07, 6.45) is 1.50. The molecule has 0 bridgehead atoms. The van der Waals surface area contributed by atoms with Gasteiger partial charge in [0.05, 0.1) is 17.9 Å². The van der Waals surface area contributed by atoms with Crippen LogP contribution in [0.2, 0.25) is 0 Å². The molecule has 0 aliphatic carbocycles. The molecule has 3 rings (SSSR count). The van der Waals surface area contributed by atoms with Gasteiger partial charge in [-0.15, -0.1) is 0 Å². The summed E-state index contributed by atoms with van der Waals surface area (Å²) >= 11 is 0. The zero-order chi connectivity index (χ0) is 12.9. The third-order valence-corrected chi connectivity index (χ3v) is 4.92. The number of fused-ring (bicyclic) bond motifs is 1. The maximum Gasteiger partial charge on any atom is 0.282 e. The van der Waals surface area contributed by atoms with Crippen LogP contribution in [0.4, 0.5) is 10.1 Å². The number of benzene rings is 1. The number of anilines is 1. The molecule has 1 aliphatic rings. The van der Waals surface area contributed by atoms with Crippen LogP contribution in [0.1, 0.15) is 18.5 Å². The lowest BCUT2D eigenvalue weighted by molar-refractivity contribution is 0.589. The van der Waals surface area contributed by atoms with Gasteiger partial charge in [0.15, 0.2) is 5.03 Å². The molecule has 1 atom stereocenters. The van der Waals surface area contributed by atoms with E-state index in [1.54, 1.807) is 6.92 Å². The Kier molecular flexibility index (Phi) is 2.21. The molecule has 1 unspecified atom stereocenters. The molecular formula is C11H10FN3O2S. The first-order valence-electron chi connectivity index (χ1n) is 5.35. The van der Waals surface area contributed by atoms with Gasteiger partial charge in [0.25, 0.3) is 10.0 Å². The Hall–Kier alpha value is -1.89. The first-order valence-corrected chi connectivity index (χ1v) is 6.79. The molecule has 0 amide bonds. The predicted octanol–water partition coefficient (Wildman–Crippen LogP) is 1.82. The van der Waals surface area contributed by atoms with E-state index in [4.69, 9.17) is 0 Å². The van der Waals surface area contributed by atoms with Crippen molar-refractivity contribution in [2.24, 2.45) is 0 Å². The zero-order valence-electron chi connectivity index (χ0n) is 9.46. The maximum atomic E-state index is 12.9. The van der Waals surface area contributed by atoms with Crippen molar-refractivity contribution in [1.82, 2.24) is 10.2 Å². The Balaban J connectivity index is 2.15. The topological polar surface area (TPSA) is 66.1 Å². The number of hydrogen-bond donors (Lipinski definition) is 1. The second kappa shape index (κ2) is 3.55. The molecule has 18 heavy (non-hydrogen) atoms. The highest BCUT2D eigenvalue weighted by Crippen LogP contribution is 2.41. The van der Waals surface area contributed by atoms with Crippen molar-refractivity contribution in [2.45, 2.75) is 18.0 Å². The Morgan fingerprint density at radius 2 is 2.00 bits per heavy atom. The van der Waals surface area contributed by atoms with Crippen LogP contribution in [0.25, 0.3) is 0 Å². The molecule has 2 aromatic rings. The van der Waals surface area contributed by atoms with Gasteiger partial charge in [0.1, 0.15) is 5.82 Å². The monoisotopic (exact) mass is 267 g/mol. The van der Waals surface area contributed by atoms with Gasteiger partial charge < -0.3 is 0 Å². The first-order chi connectivity index (χ1) is 8.51. The fraction of sp³-hybridized carbons (Fsp3) is 0.182. The Labute approximate surface area is 103 Å². The molecule has 0 radical (unpaired) electrons. The Bertz CT molecular complexity index is 693. The number of nitrogens with one attached hydrogen (secondary N) is 1. The number of sulfonamides is 1. The van der Waals surface area contributed by atoms with Crippen LogP contribution in [0.5, 0.6) is 0 Å². The quantitative estimate of drug-likeness (QED) is 0.857. The summed E-state index contributed by atoms with van der Waals surface area (Å²) in [7, 11) is -3.63. The van der Waals surface area contributed by atoms with Crippen molar-refractivity contribution in [1.29, 1.82) is 0 Å². The fourth-order valence-corrected chi connectivity index (χ4v) is 3.99. The van der Waals surface area contributed by atoms with Crippen molar-refractivity contribution in [2.75, 3.05) is 4.31 Å². The van der Waals surface area contributed by atoms with Gasteiger partial charge in [-0.25, -0.2) is 4.39 Å². The molecule has 1 aromatic carbocycles. The number of H-pyrrole nitrogens is 1. The van der Waals surface area contributed by atoms with E-state index in [9.17, 15) is 12.8 Å². The van der Waals surface area contributed by atoms with Crippen LogP contribution in [-0.4, -0.2) is 18.6 Å². The van der Waals surface area contributed by atoms with Crippen LogP contribution in [-0.2, 0) is 10.0 Å². The molecule has 1 aromatic heterocycles. The number of nitrogens with zero attached hydrogens (tertiary/aromatic N) is 2. The van der Waals surface area contributed by atoms with Crippen molar-refractivity contribution in [3.8, 4) is 0 Å². The minimum atomic E-state index is -3.63. The highest BCUT2D eigenvalue weighted by molar-refractivity contribution is 7.93. The molecule has 0 fully saturated rings. The SMILES string of the molecule is CC1c2cn[nH]c2S(=O)(=O)N1c1ccc(F)cc1. The highest BCUT2D eigenvalue weighted by atomic mass is 32.2. The van der Waals surface area contributed by atoms with Gasteiger partial charge in [-0.05, 0) is 31.2 Å². The second-order valence-corrected chi connectivity index (χ2v) is 5.86. The molecule has 5 nitrogen and oxygen atoms in total. The number of rotatable bonds is 1. The summed E-state index contributed by atoms with van der Waals surface area (Å²) < 4.78 is 38.7. The Morgan fingerprint density at radius 1 is 1.33 bits per heavy atom. The number of aromatic amines is 1. The molecule has 7 heteroatoms.